The predicted molar refractivity (Wildman–Crippen MR) is 52.2 cm³/mol. The van der Waals surface area contributed by atoms with E-state index in [1.165, 1.54) is 0 Å². The Kier molecular flexibility index (Phi) is 9.46. The summed E-state index contributed by atoms with van der Waals surface area (Å²) >= 11 is 0. The lowest BCUT2D eigenvalue weighted by molar-refractivity contribution is -0.150. The second-order valence-electron chi connectivity index (χ2n) is 2.76. The van der Waals surface area contributed by atoms with Crippen LogP contribution in [0.2, 0.25) is 0 Å². The van der Waals surface area contributed by atoms with E-state index in [-0.39, 0.29) is 12.8 Å². The normalized spacial score (nSPS) is 10.7. The molecular weight excluding hydrogens is 238 g/mol. The van der Waals surface area contributed by atoms with Crippen molar-refractivity contribution in [1.29, 1.82) is 0 Å². The molecule has 0 aliphatic carbocycles. The lowest BCUT2D eigenvalue weighted by Gasteiger charge is -2.01. The zero-order valence-electron chi connectivity index (χ0n) is 8.70. The van der Waals surface area contributed by atoms with Crippen molar-refractivity contribution in [3.63, 3.8) is 0 Å². The molecule has 0 rings (SSSR count). The number of hydrogen-bond acceptors (Lipinski definition) is 6. The molecule has 0 amide bonds. The molecule has 9 heteroatoms. The molecule has 9 nitrogen and oxygen atoms in total. The van der Waals surface area contributed by atoms with Crippen LogP contribution in [0.1, 0.15) is 12.8 Å². The Morgan fingerprint density at radius 1 is 1.06 bits per heavy atom. The minimum absolute atomic E-state index is 0.0231. The third-order valence-corrected chi connectivity index (χ3v) is 1.37. The first-order valence-corrected chi connectivity index (χ1v) is 4.29. The largest absolute Gasteiger partial charge is 0.481 e. The number of carboxylic acid groups (broad SMARTS) is 3. The number of ketones is 1. The number of carboxylic acids is 3. The highest BCUT2D eigenvalue weighted by Gasteiger charge is 2.12. The molecule has 0 aromatic carbocycles. The molecule has 0 saturated heterocycles. The number of aliphatic hydroxyl groups excluding tert-OH is 1. The van der Waals surface area contributed by atoms with E-state index in [0.29, 0.717) is 0 Å². The van der Waals surface area contributed by atoms with Crippen molar-refractivity contribution in [2.45, 2.75) is 18.9 Å². The quantitative estimate of drug-likeness (QED) is 0.331. The summed E-state index contributed by atoms with van der Waals surface area (Å²) in [7, 11) is 0. The van der Waals surface area contributed by atoms with Crippen LogP contribution in [0.25, 0.3) is 0 Å². The van der Waals surface area contributed by atoms with Crippen LogP contribution in [-0.2, 0) is 19.2 Å². The lowest BCUT2D eigenvalue weighted by Crippen LogP contribution is -2.30. The van der Waals surface area contributed by atoms with E-state index in [0.717, 1.165) is 0 Å². The molecule has 0 aromatic rings. The summed E-state index contributed by atoms with van der Waals surface area (Å²) in [4.78, 5) is 39.0. The number of carbonyl (C=O) groups is 4. The van der Waals surface area contributed by atoms with Crippen LogP contribution in [0.15, 0.2) is 0 Å². The minimum Gasteiger partial charge on any atom is -0.481 e. The van der Waals surface area contributed by atoms with Crippen molar-refractivity contribution in [1.82, 2.24) is 0 Å². The van der Waals surface area contributed by atoms with Crippen LogP contribution < -0.4 is 5.73 Å². The van der Waals surface area contributed by atoms with Gasteiger partial charge in [0, 0.05) is 6.42 Å². The van der Waals surface area contributed by atoms with Crippen molar-refractivity contribution in [2.24, 2.45) is 5.73 Å². The van der Waals surface area contributed by atoms with Gasteiger partial charge in [0.25, 0.3) is 5.78 Å². The first-order chi connectivity index (χ1) is 7.72. The summed E-state index contributed by atoms with van der Waals surface area (Å²) in [6, 6.07) is -1.06. The Morgan fingerprint density at radius 3 is 1.71 bits per heavy atom. The molecule has 0 fully saturated rings. The number of nitrogens with two attached hydrogens (primary N) is 1. The molecule has 1 unspecified atom stereocenters. The topological polar surface area (TPSA) is 175 Å². The van der Waals surface area contributed by atoms with Crippen molar-refractivity contribution >= 4 is 23.7 Å². The zero-order chi connectivity index (χ0) is 14.0. The van der Waals surface area contributed by atoms with Crippen LogP contribution in [0.4, 0.5) is 0 Å². The van der Waals surface area contributed by atoms with Crippen molar-refractivity contribution < 1.29 is 39.6 Å². The van der Waals surface area contributed by atoms with Gasteiger partial charge in [0.2, 0.25) is 0 Å². The molecular formula is C8H13NO8. The van der Waals surface area contributed by atoms with Gasteiger partial charge < -0.3 is 26.2 Å². The molecule has 0 heterocycles. The van der Waals surface area contributed by atoms with Gasteiger partial charge in [-0.15, -0.1) is 0 Å². The van der Waals surface area contributed by atoms with E-state index in [4.69, 9.17) is 26.2 Å². The molecule has 0 radical (unpaired) electrons. The minimum atomic E-state index is -1.59. The van der Waals surface area contributed by atoms with Crippen molar-refractivity contribution in [3.8, 4) is 0 Å². The number of Topliss-reactive ketones (excluding diaryl/α,β-unsaturated/α-hetero) is 1. The average molecular weight is 251 g/mol. The van der Waals surface area contributed by atoms with Crippen LogP contribution in [-0.4, -0.2) is 56.8 Å². The lowest BCUT2D eigenvalue weighted by atomic mass is 10.2. The van der Waals surface area contributed by atoms with Gasteiger partial charge in [0.05, 0.1) is 0 Å². The number of carbonyl (C=O) groups excluding carboxylic acids is 1. The third-order valence-electron chi connectivity index (χ3n) is 1.37. The summed E-state index contributed by atoms with van der Waals surface area (Å²) in [5, 5.41) is 31.7. The maximum Gasteiger partial charge on any atom is 0.374 e. The molecule has 6 N–H and O–H groups in total. The van der Waals surface area contributed by atoms with Gasteiger partial charge in [0.15, 0.2) is 0 Å². The van der Waals surface area contributed by atoms with Crippen LogP contribution in [0.3, 0.4) is 0 Å². The van der Waals surface area contributed by atoms with Gasteiger partial charge in [-0.25, -0.2) is 4.79 Å². The van der Waals surface area contributed by atoms with Crippen LogP contribution in [0.5, 0.6) is 0 Å². The zero-order valence-corrected chi connectivity index (χ0v) is 8.70. The van der Waals surface area contributed by atoms with Gasteiger partial charge >= 0.3 is 17.9 Å². The van der Waals surface area contributed by atoms with Gasteiger partial charge in [-0.05, 0) is 6.42 Å². The maximum absolute atomic E-state index is 9.99. The predicted octanol–water partition coefficient (Wildman–Crippen LogP) is -2.10. The summed E-state index contributed by atoms with van der Waals surface area (Å²) in [6.07, 6.45) is -0.224. The summed E-state index contributed by atoms with van der Waals surface area (Å²) in [5.74, 6) is -4.97. The summed E-state index contributed by atoms with van der Waals surface area (Å²) < 4.78 is 0. The Labute approximate surface area is 95.5 Å². The van der Waals surface area contributed by atoms with Crippen LogP contribution >= 0.6 is 0 Å². The third kappa shape index (κ3) is 11.9. The van der Waals surface area contributed by atoms with E-state index in [2.05, 4.69) is 0 Å². The Morgan fingerprint density at radius 2 is 1.53 bits per heavy atom. The first-order valence-electron chi connectivity index (χ1n) is 4.29. The molecule has 0 aliphatic rings. The SMILES string of the molecule is NC(CCC(=O)O)C(=O)O.O=C(O)C(=O)CO. The molecule has 0 aliphatic heterocycles. The molecule has 17 heavy (non-hydrogen) atoms. The van der Waals surface area contributed by atoms with E-state index in [1.807, 2.05) is 0 Å². The van der Waals surface area contributed by atoms with Gasteiger partial charge in [-0.3, -0.25) is 14.4 Å². The van der Waals surface area contributed by atoms with E-state index in [9.17, 15) is 19.2 Å². The second kappa shape index (κ2) is 9.24. The number of hydrogen-bond donors (Lipinski definition) is 5. The van der Waals surface area contributed by atoms with Crippen molar-refractivity contribution in [2.75, 3.05) is 6.61 Å². The summed E-state index contributed by atoms with van der Waals surface area (Å²) in [6.45, 7) is -0.921. The molecule has 0 aromatic heterocycles. The second-order valence-corrected chi connectivity index (χ2v) is 2.76. The number of aliphatic carboxylic acids is 3. The molecule has 1 atom stereocenters. The van der Waals surface area contributed by atoms with Gasteiger partial charge in [0.1, 0.15) is 12.6 Å². The monoisotopic (exact) mass is 251 g/mol. The molecule has 0 spiro atoms. The standard InChI is InChI=1S/C5H9NO4.C3H4O4/c6-3(5(9)10)1-2-4(7)8;4-1-2(5)3(6)7/h3H,1-2,6H2,(H,7,8)(H,9,10);4H,1H2,(H,6,7). The van der Waals surface area contributed by atoms with E-state index in [1.54, 1.807) is 0 Å². The highest BCUT2D eigenvalue weighted by atomic mass is 16.4. The van der Waals surface area contributed by atoms with E-state index >= 15 is 0 Å². The Bertz CT molecular complexity index is 300. The highest BCUT2D eigenvalue weighted by Crippen LogP contribution is 1.93. The van der Waals surface area contributed by atoms with Crippen LogP contribution in [0, 0.1) is 0 Å². The maximum atomic E-state index is 9.99. The average Bonchev–Trinajstić information content (AvgIpc) is 2.24. The Hall–Kier alpha value is -2.00. The fourth-order valence-corrected chi connectivity index (χ4v) is 0.470. The van der Waals surface area contributed by atoms with E-state index < -0.39 is 36.3 Å². The van der Waals surface area contributed by atoms with Crippen molar-refractivity contribution in [3.05, 3.63) is 0 Å². The highest BCUT2D eigenvalue weighted by molar-refractivity contribution is 6.33. The molecule has 0 saturated carbocycles. The Balaban J connectivity index is 0. The van der Waals surface area contributed by atoms with Gasteiger partial charge in [-0.2, -0.15) is 0 Å². The molecule has 98 valence electrons. The van der Waals surface area contributed by atoms with Gasteiger partial charge in [-0.1, -0.05) is 0 Å². The smallest absolute Gasteiger partial charge is 0.374 e. The summed E-state index contributed by atoms with van der Waals surface area (Å²) in [5.41, 5.74) is 5.00. The first kappa shape index (κ1) is 17.4. The number of rotatable bonds is 6. The number of aliphatic hydroxyl groups is 1. The fraction of sp³-hybridized carbons (Fsp3) is 0.500. The molecule has 0 bridgehead atoms. The fourth-order valence-electron chi connectivity index (χ4n) is 0.470.